The molecule has 0 spiro atoms. The van der Waals surface area contributed by atoms with Crippen LogP contribution in [-0.4, -0.2) is 107 Å². The van der Waals surface area contributed by atoms with Crippen LogP contribution in [0.1, 0.15) is 83.1 Å². The summed E-state index contributed by atoms with van der Waals surface area (Å²) < 4.78 is 9.61. The lowest BCUT2D eigenvalue weighted by Gasteiger charge is -2.33. The molecule has 4 amide bonds. The molecule has 1 aromatic carbocycles. The van der Waals surface area contributed by atoms with Gasteiger partial charge in [-0.15, -0.1) is 0 Å². The van der Waals surface area contributed by atoms with Crippen LogP contribution in [0.2, 0.25) is 0 Å². The number of rotatable bonds is 11. The molecule has 14 heteroatoms. The number of nitrogens with zero attached hydrogens (tertiary/aromatic N) is 5. The number of hydrogen-bond acceptors (Lipinski definition) is 9. The van der Waals surface area contributed by atoms with Gasteiger partial charge in [0.05, 0.1) is 37.0 Å². The molecule has 6 rings (SSSR count). The van der Waals surface area contributed by atoms with E-state index in [1.54, 1.807) is 6.34 Å². The number of aliphatic imine (C=N–C) groups is 2. The highest BCUT2D eigenvalue weighted by Gasteiger charge is 2.39. The van der Waals surface area contributed by atoms with E-state index in [0.717, 1.165) is 53.6 Å². The second kappa shape index (κ2) is 15.7. The van der Waals surface area contributed by atoms with Crippen molar-refractivity contribution in [3.8, 4) is 0 Å². The normalized spacial score (nSPS) is 22.7. The third kappa shape index (κ3) is 7.61. The topological polar surface area (TPSA) is 171 Å². The van der Waals surface area contributed by atoms with Gasteiger partial charge in [-0.2, -0.15) is 0 Å². The first kappa shape index (κ1) is 36.8. The number of carbonyl (C=O) groups is 4. The first-order valence-corrected chi connectivity index (χ1v) is 18.3. The van der Waals surface area contributed by atoms with Gasteiger partial charge >= 0.3 is 12.2 Å². The fraction of sp³-hybridized carbons (Fsp3) is 0.553. The summed E-state index contributed by atoms with van der Waals surface area (Å²) in [5.74, 6) is 0.127. The van der Waals surface area contributed by atoms with E-state index in [-0.39, 0.29) is 47.7 Å². The molecule has 1 aliphatic carbocycles. The Balaban J connectivity index is 1.29. The molecule has 4 aliphatic rings. The van der Waals surface area contributed by atoms with Crippen LogP contribution in [0, 0.1) is 11.8 Å². The molecule has 2 fully saturated rings. The van der Waals surface area contributed by atoms with Crippen LogP contribution in [0.3, 0.4) is 0 Å². The van der Waals surface area contributed by atoms with Crippen molar-refractivity contribution in [2.75, 3.05) is 27.3 Å². The van der Waals surface area contributed by atoms with Crippen LogP contribution in [0.5, 0.6) is 0 Å². The van der Waals surface area contributed by atoms with Gasteiger partial charge in [-0.3, -0.25) is 14.6 Å². The molecule has 6 unspecified atom stereocenters. The number of likely N-dealkylation sites (tertiary alicyclic amines) is 2. The maximum Gasteiger partial charge on any atom is 0.407 e. The number of aromatic amines is 1. The maximum absolute atomic E-state index is 13.9. The van der Waals surface area contributed by atoms with Gasteiger partial charge in [0.15, 0.2) is 0 Å². The van der Waals surface area contributed by atoms with Crippen LogP contribution in [0.15, 0.2) is 52.0 Å². The minimum Gasteiger partial charge on any atom is -0.453 e. The smallest absolute Gasteiger partial charge is 0.407 e. The Hall–Kier alpha value is -5.01. The second-order valence-corrected chi connectivity index (χ2v) is 14.7. The molecule has 0 saturated carbocycles. The van der Waals surface area contributed by atoms with Crippen molar-refractivity contribution in [1.29, 1.82) is 0 Å². The van der Waals surface area contributed by atoms with Crippen LogP contribution >= 0.6 is 0 Å². The van der Waals surface area contributed by atoms with Crippen molar-refractivity contribution in [3.05, 3.63) is 53.4 Å². The number of methoxy groups -OCH3 is 2. The number of aromatic nitrogens is 2. The first-order chi connectivity index (χ1) is 25.0. The predicted molar refractivity (Wildman–Crippen MR) is 197 cm³/mol. The van der Waals surface area contributed by atoms with Crippen molar-refractivity contribution in [1.82, 2.24) is 30.4 Å². The van der Waals surface area contributed by atoms with Gasteiger partial charge in [-0.05, 0) is 73.3 Å². The highest BCUT2D eigenvalue weighted by Crippen LogP contribution is 2.39. The predicted octanol–water partition coefficient (Wildman–Crippen LogP) is 4.80. The number of H-pyrrole nitrogens is 1. The number of hydrogen-bond donors (Lipinski definition) is 3. The van der Waals surface area contributed by atoms with E-state index in [0.29, 0.717) is 25.3 Å². The minimum atomic E-state index is -0.717. The maximum atomic E-state index is 13.9. The Morgan fingerprint density at radius 3 is 2.23 bits per heavy atom. The highest BCUT2D eigenvalue weighted by atomic mass is 16.5. The van der Waals surface area contributed by atoms with Crippen molar-refractivity contribution in [2.24, 2.45) is 21.8 Å². The monoisotopic (exact) mass is 714 g/mol. The van der Waals surface area contributed by atoms with Crippen LogP contribution in [0.4, 0.5) is 9.59 Å². The van der Waals surface area contributed by atoms with Crippen LogP contribution in [-0.2, 0) is 19.1 Å². The molecule has 6 atom stereocenters. The minimum absolute atomic E-state index is 0.0479. The van der Waals surface area contributed by atoms with E-state index in [2.05, 4.69) is 49.9 Å². The number of allylic oxidation sites excluding steroid dienone is 2. The van der Waals surface area contributed by atoms with E-state index in [9.17, 15) is 19.2 Å². The summed E-state index contributed by atoms with van der Waals surface area (Å²) in [5.41, 5.74) is 4.71. The van der Waals surface area contributed by atoms with Gasteiger partial charge in [0.25, 0.3) is 0 Å². The van der Waals surface area contributed by atoms with Crippen molar-refractivity contribution in [2.45, 2.75) is 95.9 Å². The zero-order valence-corrected chi connectivity index (χ0v) is 30.8. The average Bonchev–Trinajstić information content (AvgIpc) is 3.96. The van der Waals surface area contributed by atoms with E-state index in [1.165, 1.54) is 14.2 Å². The lowest BCUT2D eigenvalue weighted by Crippen LogP contribution is -2.52. The Labute approximate surface area is 304 Å². The lowest BCUT2D eigenvalue weighted by atomic mass is 9.81. The fourth-order valence-electron chi connectivity index (χ4n) is 7.85. The molecule has 0 bridgehead atoms. The Kier molecular flexibility index (Phi) is 11.1. The SMILES string of the molecule is COC(=O)NC(C(=O)N1CCCC1CC(C1=CC2N=CN=C2C=C1)c1ccc2nc(C3CCCN3C(=O)C(NC(=O)OC)C(C)C)[nH]c2c1)C(C)C. The Morgan fingerprint density at radius 1 is 0.904 bits per heavy atom. The third-order valence-electron chi connectivity index (χ3n) is 10.7. The quantitative estimate of drug-likeness (QED) is 0.300. The van der Waals surface area contributed by atoms with E-state index in [1.807, 2.05) is 49.6 Å². The summed E-state index contributed by atoms with van der Waals surface area (Å²) in [6.45, 7) is 8.82. The summed E-state index contributed by atoms with van der Waals surface area (Å²) >= 11 is 0. The molecule has 2 saturated heterocycles. The third-order valence-corrected chi connectivity index (χ3v) is 10.7. The van der Waals surface area contributed by atoms with Crippen molar-refractivity contribution >= 4 is 47.1 Å². The highest BCUT2D eigenvalue weighted by molar-refractivity contribution is 6.08. The fourth-order valence-corrected chi connectivity index (χ4v) is 7.85. The van der Waals surface area contributed by atoms with Gasteiger partial charge < -0.3 is 34.9 Å². The molecular weight excluding hydrogens is 664 g/mol. The molecule has 278 valence electrons. The van der Waals surface area contributed by atoms with Gasteiger partial charge in [-0.25, -0.2) is 19.6 Å². The molecule has 3 aliphatic heterocycles. The number of alkyl carbamates (subject to hydrolysis) is 2. The number of imidazole rings is 1. The zero-order valence-electron chi connectivity index (χ0n) is 30.8. The number of fused-ring (bicyclic) bond motifs is 2. The lowest BCUT2D eigenvalue weighted by molar-refractivity contribution is -0.136. The summed E-state index contributed by atoms with van der Waals surface area (Å²) in [6.07, 6.45) is 10.6. The summed E-state index contributed by atoms with van der Waals surface area (Å²) in [6, 6.07) is 4.37. The second-order valence-electron chi connectivity index (χ2n) is 14.7. The molecule has 2 aromatic rings. The summed E-state index contributed by atoms with van der Waals surface area (Å²) in [7, 11) is 2.58. The zero-order chi connectivity index (χ0) is 37.1. The number of ether oxygens (including phenoxy) is 2. The molecule has 14 nitrogen and oxygen atoms in total. The number of amides is 4. The van der Waals surface area contributed by atoms with Gasteiger partial charge in [-0.1, -0.05) is 45.9 Å². The van der Waals surface area contributed by atoms with E-state index >= 15 is 0 Å². The molecule has 0 radical (unpaired) electrons. The van der Waals surface area contributed by atoms with E-state index in [4.69, 9.17) is 14.5 Å². The number of nitrogens with one attached hydrogen (secondary N) is 3. The number of benzene rings is 1. The largest absolute Gasteiger partial charge is 0.453 e. The van der Waals surface area contributed by atoms with Crippen molar-refractivity contribution < 1.29 is 28.7 Å². The molecule has 52 heavy (non-hydrogen) atoms. The Morgan fingerprint density at radius 2 is 1.56 bits per heavy atom. The van der Waals surface area contributed by atoms with Crippen molar-refractivity contribution in [3.63, 3.8) is 0 Å². The summed E-state index contributed by atoms with van der Waals surface area (Å²) in [4.78, 5) is 73.1. The molecule has 1 aromatic heterocycles. The Bertz CT molecular complexity index is 1810. The van der Waals surface area contributed by atoms with Crippen LogP contribution < -0.4 is 10.6 Å². The summed E-state index contributed by atoms with van der Waals surface area (Å²) in [5, 5.41) is 5.46. The van der Waals surface area contributed by atoms with Gasteiger partial charge in [0.2, 0.25) is 11.8 Å². The standard InChI is InChI=1S/C38H50N8O6/c1-21(2)32(43-37(49)51-5)35(47)45-15-7-9-25(45)19-26(23-11-13-27-29(17-23)40-20-39-27)24-12-14-28-30(18-24)42-34(41-28)31-10-8-16-46(31)36(48)33(22(3)4)44-38(50)52-6/h11-14,17-18,20-22,25-26,29,31-33H,7-10,15-16,19H2,1-6H3,(H,41,42)(H,43,49)(H,44,50). The van der Waals surface area contributed by atoms with Gasteiger partial charge in [0, 0.05) is 25.0 Å². The molecule has 3 N–H and O–H groups in total. The van der Waals surface area contributed by atoms with Crippen LogP contribution in [0.25, 0.3) is 11.0 Å². The van der Waals surface area contributed by atoms with Gasteiger partial charge in [0.1, 0.15) is 30.3 Å². The molecule has 4 heterocycles. The first-order valence-electron chi connectivity index (χ1n) is 18.3. The van der Waals surface area contributed by atoms with E-state index < -0.39 is 24.3 Å². The number of carbonyl (C=O) groups excluding carboxylic acids is 4. The molecular formula is C38H50N8O6. The average molecular weight is 715 g/mol.